The van der Waals surface area contributed by atoms with Gasteiger partial charge in [-0.1, -0.05) is 13.3 Å². The van der Waals surface area contributed by atoms with Crippen LogP contribution < -0.4 is 5.32 Å². The number of amides is 2. The summed E-state index contributed by atoms with van der Waals surface area (Å²) in [4.78, 5) is 36.8. The second kappa shape index (κ2) is 6.91. The van der Waals surface area contributed by atoms with Gasteiger partial charge in [-0.05, 0) is 25.7 Å². The predicted molar refractivity (Wildman–Crippen MR) is 76.5 cm³/mol. The number of aliphatic carboxylic acids is 1. The van der Waals surface area contributed by atoms with E-state index >= 15 is 0 Å². The van der Waals surface area contributed by atoms with Crippen LogP contribution in [0.2, 0.25) is 0 Å². The van der Waals surface area contributed by atoms with Gasteiger partial charge in [-0.3, -0.25) is 14.4 Å². The van der Waals surface area contributed by atoms with Gasteiger partial charge in [-0.2, -0.15) is 0 Å². The molecule has 0 aromatic heterocycles. The summed E-state index contributed by atoms with van der Waals surface area (Å²) in [5.41, 5.74) is 0. The van der Waals surface area contributed by atoms with Crippen molar-refractivity contribution < 1.29 is 19.5 Å². The van der Waals surface area contributed by atoms with Crippen molar-refractivity contribution in [1.82, 2.24) is 10.2 Å². The van der Waals surface area contributed by atoms with E-state index in [-0.39, 0.29) is 23.8 Å². The molecule has 1 aliphatic heterocycles. The number of nitrogens with zero attached hydrogens (tertiary/aromatic N) is 1. The van der Waals surface area contributed by atoms with Crippen molar-refractivity contribution in [3.63, 3.8) is 0 Å². The van der Waals surface area contributed by atoms with E-state index in [1.807, 2.05) is 6.92 Å². The van der Waals surface area contributed by atoms with Crippen molar-refractivity contribution in [2.45, 2.75) is 51.5 Å². The average Bonchev–Trinajstić information content (AvgIpc) is 2.96. The van der Waals surface area contributed by atoms with Crippen molar-refractivity contribution in [3.8, 4) is 0 Å². The molecular weight excluding hydrogens is 272 g/mol. The van der Waals surface area contributed by atoms with Crippen LogP contribution >= 0.6 is 0 Å². The number of hydrogen-bond acceptors (Lipinski definition) is 3. The van der Waals surface area contributed by atoms with E-state index in [0.29, 0.717) is 32.4 Å². The van der Waals surface area contributed by atoms with Crippen LogP contribution in [-0.4, -0.2) is 46.9 Å². The molecule has 1 heterocycles. The van der Waals surface area contributed by atoms with Gasteiger partial charge in [-0.25, -0.2) is 0 Å². The lowest BCUT2D eigenvalue weighted by atomic mass is 9.93. The van der Waals surface area contributed by atoms with Crippen LogP contribution in [0.3, 0.4) is 0 Å². The molecule has 21 heavy (non-hydrogen) atoms. The van der Waals surface area contributed by atoms with E-state index in [1.54, 1.807) is 4.90 Å². The molecule has 2 unspecified atom stereocenters. The highest BCUT2D eigenvalue weighted by Crippen LogP contribution is 2.34. The van der Waals surface area contributed by atoms with Crippen molar-refractivity contribution in [3.05, 3.63) is 0 Å². The van der Waals surface area contributed by atoms with Gasteiger partial charge in [-0.15, -0.1) is 0 Å². The van der Waals surface area contributed by atoms with Gasteiger partial charge >= 0.3 is 5.97 Å². The molecule has 1 aliphatic carbocycles. The number of nitrogens with one attached hydrogen (secondary N) is 1. The van der Waals surface area contributed by atoms with Gasteiger partial charge in [0.05, 0.1) is 11.8 Å². The number of hydrogen-bond donors (Lipinski definition) is 2. The lowest BCUT2D eigenvalue weighted by Crippen LogP contribution is -2.48. The third-order valence-electron chi connectivity index (χ3n) is 4.64. The minimum Gasteiger partial charge on any atom is -0.481 e. The van der Waals surface area contributed by atoms with E-state index in [4.69, 9.17) is 0 Å². The predicted octanol–water partition coefficient (Wildman–Crippen LogP) is 1.00. The summed E-state index contributed by atoms with van der Waals surface area (Å²) in [6.07, 6.45) is 4.08. The Labute approximate surface area is 124 Å². The van der Waals surface area contributed by atoms with E-state index in [2.05, 4.69) is 5.32 Å². The molecule has 1 saturated carbocycles. The molecule has 6 nitrogen and oxygen atoms in total. The first-order chi connectivity index (χ1) is 10.0. The topological polar surface area (TPSA) is 86.7 Å². The molecule has 2 aliphatic rings. The molecule has 1 saturated heterocycles. The fraction of sp³-hybridized carbons (Fsp3) is 0.800. The minimum atomic E-state index is -0.851. The Morgan fingerprint density at radius 2 is 1.71 bits per heavy atom. The Bertz CT molecular complexity index is 416. The van der Waals surface area contributed by atoms with Gasteiger partial charge in [0.15, 0.2) is 0 Å². The second-order valence-corrected chi connectivity index (χ2v) is 6.00. The molecule has 0 radical (unpaired) electrons. The summed E-state index contributed by atoms with van der Waals surface area (Å²) in [6, 6.07) is 0.139. The fourth-order valence-electron chi connectivity index (χ4n) is 3.36. The molecular formula is C15H24N2O4. The Balaban J connectivity index is 1.85. The van der Waals surface area contributed by atoms with Crippen LogP contribution in [0.5, 0.6) is 0 Å². The number of rotatable bonds is 4. The molecule has 0 bridgehead atoms. The molecule has 2 N–H and O–H groups in total. The summed E-state index contributed by atoms with van der Waals surface area (Å²) >= 11 is 0. The molecule has 0 spiro atoms. The molecule has 0 aromatic rings. The first kappa shape index (κ1) is 15.8. The minimum absolute atomic E-state index is 0.0137. The Morgan fingerprint density at radius 1 is 1.10 bits per heavy atom. The maximum atomic E-state index is 12.5. The molecule has 2 rings (SSSR count). The first-order valence-corrected chi connectivity index (χ1v) is 7.84. The summed E-state index contributed by atoms with van der Waals surface area (Å²) in [5.74, 6) is -1.70. The van der Waals surface area contributed by atoms with E-state index in [1.165, 1.54) is 0 Å². The second-order valence-electron chi connectivity index (χ2n) is 6.00. The monoisotopic (exact) mass is 296 g/mol. The van der Waals surface area contributed by atoms with Crippen molar-refractivity contribution in [1.29, 1.82) is 0 Å². The summed E-state index contributed by atoms with van der Waals surface area (Å²) in [5, 5.41) is 12.1. The van der Waals surface area contributed by atoms with Gasteiger partial charge in [0.25, 0.3) is 0 Å². The maximum absolute atomic E-state index is 12.5. The van der Waals surface area contributed by atoms with Crippen LogP contribution in [0.4, 0.5) is 0 Å². The highest BCUT2D eigenvalue weighted by Gasteiger charge is 2.40. The van der Waals surface area contributed by atoms with Crippen LogP contribution in [0, 0.1) is 11.8 Å². The zero-order valence-electron chi connectivity index (χ0n) is 12.5. The molecule has 118 valence electrons. The molecule has 2 fully saturated rings. The van der Waals surface area contributed by atoms with Crippen molar-refractivity contribution >= 4 is 17.8 Å². The van der Waals surface area contributed by atoms with E-state index < -0.39 is 11.9 Å². The van der Waals surface area contributed by atoms with Gasteiger partial charge in [0.1, 0.15) is 0 Å². The van der Waals surface area contributed by atoms with Gasteiger partial charge in [0.2, 0.25) is 11.8 Å². The van der Waals surface area contributed by atoms with Crippen LogP contribution in [-0.2, 0) is 14.4 Å². The smallest absolute Gasteiger partial charge is 0.307 e. The third-order valence-corrected chi connectivity index (χ3v) is 4.64. The molecule has 6 heteroatoms. The largest absolute Gasteiger partial charge is 0.481 e. The lowest BCUT2D eigenvalue weighted by molar-refractivity contribution is -0.149. The number of carbonyl (C=O) groups is 3. The van der Waals surface area contributed by atoms with E-state index in [0.717, 1.165) is 19.3 Å². The Hall–Kier alpha value is -1.59. The van der Waals surface area contributed by atoms with Crippen LogP contribution in [0.15, 0.2) is 0 Å². The number of likely N-dealkylation sites (tertiary alicyclic amines) is 1. The summed E-state index contributed by atoms with van der Waals surface area (Å²) in [6.45, 7) is 3.03. The maximum Gasteiger partial charge on any atom is 0.307 e. The average molecular weight is 296 g/mol. The van der Waals surface area contributed by atoms with Crippen molar-refractivity contribution in [2.75, 3.05) is 13.1 Å². The normalized spacial score (nSPS) is 26.6. The highest BCUT2D eigenvalue weighted by molar-refractivity contribution is 5.85. The van der Waals surface area contributed by atoms with Crippen LogP contribution in [0.1, 0.15) is 45.4 Å². The number of carboxylic acid groups (broad SMARTS) is 1. The fourth-order valence-corrected chi connectivity index (χ4v) is 3.36. The summed E-state index contributed by atoms with van der Waals surface area (Å²) in [7, 11) is 0. The zero-order valence-corrected chi connectivity index (χ0v) is 12.5. The summed E-state index contributed by atoms with van der Waals surface area (Å²) < 4.78 is 0. The highest BCUT2D eigenvalue weighted by atomic mass is 16.4. The van der Waals surface area contributed by atoms with E-state index in [9.17, 15) is 19.5 Å². The Kier molecular flexibility index (Phi) is 5.20. The number of carboxylic acids is 1. The first-order valence-electron chi connectivity index (χ1n) is 7.84. The SMILES string of the molecule is CCC(=O)NC1CCN(C(=O)C2CCCC2C(=O)O)CC1. The lowest BCUT2D eigenvalue weighted by Gasteiger charge is -2.34. The van der Waals surface area contributed by atoms with Gasteiger partial charge < -0.3 is 15.3 Å². The number of carbonyl (C=O) groups excluding carboxylic acids is 2. The van der Waals surface area contributed by atoms with Crippen molar-refractivity contribution in [2.24, 2.45) is 11.8 Å². The number of piperidine rings is 1. The Morgan fingerprint density at radius 3 is 2.29 bits per heavy atom. The third kappa shape index (κ3) is 3.74. The molecule has 2 atom stereocenters. The van der Waals surface area contributed by atoms with Crippen LogP contribution in [0.25, 0.3) is 0 Å². The standard InChI is InChI=1S/C15H24N2O4/c1-2-13(18)16-10-6-8-17(9-7-10)14(19)11-4-3-5-12(11)15(20)21/h10-12H,2-9H2,1H3,(H,16,18)(H,20,21). The molecule has 2 amide bonds. The quantitative estimate of drug-likeness (QED) is 0.810. The molecule has 0 aromatic carbocycles. The zero-order chi connectivity index (χ0) is 15.4. The van der Waals surface area contributed by atoms with Gasteiger partial charge in [0, 0.05) is 25.6 Å².